The van der Waals surface area contributed by atoms with Crippen LogP contribution >= 0.6 is 11.3 Å². The van der Waals surface area contributed by atoms with Crippen LogP contribution in [-0.4, -0.2) is 71.4 Å². The number of amides is 1. The molecule has 2 unspecified atom stereocenters. The van der Waals surface area contributed by atoms with Crippen LogP contribution in [0.5, 0.6) is 5.75 Å². The van der Waals surface area contributed by atoms with Crippen LogP contribution in [0.25, 0.3) is 21.7 Å². The maximum atomic E-state index is 12.8. The number of nitrogens with zero attached hydrogens (tertiary/aromatic N) is 4. The topological polar surface area (TPSA) is 107 Å². The molecule has 1 amide bonds. The molecule has 2 fully saturated rings. The number of aromatic nitrogens is 2. The van der Waals surface area contributed by atoms with Crippen molar-refractivity contribution in [2.24, 2.45) is 0 Å². The smallest absolute Gasteiger partial charge is 0.410 e. The van der Waals surface area contributed by atoms with E-state index in [1.807, 2.05) is 37.1 Å². The molecule has 11 heteroatoms. The molecule has 0 radical (unpaired) electrons. The first-order valence-electron chi connectivity index (χ1n) is 11.5. The van der Waals surface area contributed by atoms with Gasteiger partial charge in [-0.25, -0.2) is 14.6 Å². The number of anilines is 1. The van der Waals surface area contributed by atoms with Crippen LogP contribution in [-0.2, 0) is 14.3 Å². The van der Waals surface area contributed by atoms with Gasteiger partial charge in [0.2, 0.25) is 0 Å². The SMILES string of the molecule is COC(=O)COc1ccc(-c2nccs2)c2oc(N3CC4CCC(C3)N4C(=O)OC(C)(C)C)nc12. The number of thiazole rings is 1. The molecule has 4 heterocycles. The average Bonchev–Trinajstić information content (AvgIpc) is 3.54. The standard InChI is InChI=1S/C24H28N4O6S/c1-24(2,3)34-23(30)28-14-5-6-15(28)12-27(11-14)22-26-19-17(32-13-18(29)31-4)8-7-16(20(19)33-22)21-25-9-10-35-21/h7-10,14-15H,5-6,11-13H2,1-4H3. The number of oxazole rings is 1. The summed E-state index contributed by atoms with van der Waals surface area (Å²) in [6.45, 7) is 6.58. The number of ether oxygens (including phenoxy) is 3. The average molecular weight is 501 g/mol. The van der Waals surface area contributed by atoms with Gasteiger partial charge in [-0.05, 0) is 45.7 Å². The Labute approximate surface area is 206 Å². The van der Waals surface area contributed by atoms with E-state index in [-0.39, 0.29) is 24.8 Å². The first kappa shape index (κ1) is 23.4. The summed E-state index contributed by atoms with van der Waals surface area (Å²) in [7, 11) is 1.31. The fraction of sp³-hybridized carbons (Fsp3) is 0.500. The largest absolute Gasteiger partial charge is 0.479 e. The zero-order valence-corrected chi connectivity index (χ0v) is 21.0. The maximum absolute atomic E-state index is 12.8. The van der Waals surface area contributed by atoms with E-state index >= 15 is 0 Å². The fourth-order valence-corrected chi connectivity index (χ4v) is 5.28. The van der Waals surface area contributed by atoms with E-state index in [0.29, 0.717) is 36.0 Å². The van der Waals surface area contributed by atoms with Crippen LogP contribution in [0.2, 0.25) is 0 Å². The minimum Gasteiger partial charge on any atom is -0.479 e. The highest BCUT2D eigenvalue weighted by molar-refractivity contribution is 7.13. The van der Waals surface area contributed by atoms with Gasteiger partial charge in [-0.2, -0.15) is 4.98 Å². The molecule has 2 bridgehead atoms. The number of piperazine rings is 1. The van der Waals surface area contributed by atoms with Crippen molar-refractivity contribution in [3.63, 3.8) is 0 Å². The van der Waals surface area contributed by atoms with E-state index < -0.39 is 11.6 Å². The lowest BCUT2D eigenvalue weighted by Crippen LogP contribution is -2.56. The van der Waals surface area contributed by atoms with Gasteiger partial charge in [0, 0.05) is 24.7 Å². The summed E-state index contributed by atoms with van der Waals surface area (Å²) >= 11 is 1.50. The number of benzene rings is 1. The molecule has 186 valence electrons. The first-order valence-corrected chi connectivity index (χ1v) is 12.4. The van der Waals surface area contributed by atoms with Gasteiger partial charge >= 0.3 is 12.1 Å². The number of esters is 1. The summed E-state index contributed by atoms with van der Waals surface area (Å²) in [5.74, 6) is -0.0585. The van der Waals surface area contributed by atoms with Gasteiger partial charge in [0.15, 0.2) is 17.7 Å². The second-order valence-electron chi connectivity index (χ2n) is 9.67. The summed E-state index contributed by atoms with van der Waals surface area (Å²) in [5, 5.41) is 2.69. The number of hydrogen-bond donors (Lipinski definition) is 0. The highest BCUT2D eigenvalue weighted by atomic mass is 32.1. The van der Waals surface area contributed by atoms with Crippen molar-refractivity contribution in [2.45, 2.75) is 51.3 Å². The summed E-state index contributed by atoms with van der Waals surface area (Å²) in [4.78, 5) is 37.6. The van der Waals surface area contributed by atoms with Gasteiger partial charge in [0.1, 0.15) is 16.4 Å². The van der Waals surface area contributed by atoms with Crippen molar-refractivity contribution in [3.05, 3.63) is 23.7 Å². The third kappa shape index (κ3) is 4.64. The maximum Gasteiger partial charge on any atom is 0.410 e. The molecule has 2 aliphatic rings. The number of carbonyl (C=O) groups excluding carboxylic acids is 2. The van der Waals surface area contributed by atoms with E-state index in [2.05, 4.69) is 9.88 Å². The minimum atomic E-state index is -0.541. The van der Waals surface area contributed by atoms with Gasteiger partial charge in [-0.3, -0.25) is 4.90 Å². The Balaban J connectivity index is 1.45. The van der Waals surface area contributed by atoms with E-state index in [4.69, 9.17) is 23.6 Å². The molecule has 5 rings (SSSR count). The zero-order valence-electron chi connectivity index (χ0n) is 20.1. The molecular formula is C24H28N4O6S. The number of rotatable bonds is 5. The van der Waals surface area contributed by atoms with Gasteiger partial charge in [0.05, 0.1) is 24.8 Å². The molecule has 35 heavy (non-hydrogen) atoms. The number of methoxy groups -OCH3 is 1. The molecule has 0 N–H and O–H groups in total. The van der Waals surface area contributed by atoms with Gasteiger partial charge in [-0.15, -0.1) is 11.3 Å². The van der Waals surface area contributed by atoms with Crippen molar-refractivity contribution in [3.8, 4) is 16.3 Å². The Morgan fingerprint density at radius 2 is 1.94 bits per heavy atom. The molecule has 2 saturated heterocycles. The normalized spacial score (nSPS) is 19.8. The van der Waals surface area contributed by atoms with Crippen molar-refractivity contribution >= 4 is 40.5 Å². The van der Waals surface area contributed by atoms with E-state index in [9.17, 15) is 9.59 Å². The predicted octanol–water partition coefficient (Wildman–Crippen LogP) is 4.09. The van der Waals surface area contributed by atoms with Crippen LogP contribution < -0.4 is 9.64 Å². The van der Waals surface area contributed by atoms with Crippen molar-refractivity contribution in [1.29, 1.82) is 0 Å². The van der Waals surface area contributed by atoms with Crippen LogP contribution in [0.3, 0.4) is 0 Å². The van der Waals surface area contributed by atoms with Crippen LogP contribution in [0, 0.1) is 0 Å². The molecule has 3 aromatic rings. The number of fused-ring (bicyclic) bond motifs is 3. The third-order valence-electron chi connectivity index (χ3n) is 6.09. The second-order valence-corrected chi connectivity index (χ2v) is 10.6. The molecule has 2 aliphatic heterocycles. The molecule has 0 aliphatic carbocycles. The van der Waals surface area contributed by atoms with Gasteiger partial charge in [-0.1, -0.05) is 0 Å². The quantitative estimate of drug-likeness (QED) is 0.479. The van der Waals surface area contributed by atoms with Crippen molar-refractivity contribution < 1.29 is 28.2 Å². The predicted molar refractivity (Wildman–Crippen MR) is 130 cm³/mol. The van der Waals surface area contributed by atoms with E-state index in [1.54, 1.807) is 12.3 Å². The molecule has 2 atom stereocenters. The lowest BCUT2D eigenvalue weighted by molar-refractivity contribution is -0.142. The van der Waals surface area contributed by atoms with Crippen LogP contribution in [0.4, 0.5) is 10.8 Å². The van der Waals surface area contributed by atoms with E-state index in [1.165, 1.54) is 18.4 Å². The van der Waals surface area contributed by atoms with Gasteiger partial charge in [0.25, 0.3) is 6.01 Å². The molecule has 1 aromatic carbocycles. The second kappa shape index (κ2) is 9.03. The Bertz CT molecular complexity index is 1220. The van der Waals surface area contributed by atoms with Crippen molar-refractivity contribution in [1.82, 2.24) is 14.9 Å². The van der Waals surface area contributed by atoms with E-state index in [0.717, 1.165) is 23.4 Å². The highest BCUT2D eigenvalue weighted by Gasteiger charge is 2.45. The monoisotopic (exact) mass is 500 g/mol. The van der Waals surface area contributed by atoms with Gasteiger partial charge < -0.3 is 23.5 Å². The molecule has 10 nitrogen and oxygen atoms in total. The summed E-state index contributed by atoms with van der Waals surface area (Å²) in [6, 6.07) is 4.11. The third-order valence-corrected chi connectivity index (χ3v) is 6.89. The first-order chi connectivity index (χ1) is 16.7. The van der Waals surface area contributed by atoms with Crippen molar-refractivity contribution in [2.75, 3.05) is 31.7 Å². The summed E-state index contributed by atoms with van der Waals surface area (Å²) in [5.41, 5.74) is 1.31. The number of carbonyl (C=O) groups is 2. The lowest BCUT2D eigenvalue weighted by Gasteiger charge is -2.40. The summed E-state index contributed by atoms with van der Waals surface area (Å²) < 4.78 is 22.3. The molecular weight excluding hydrogens is 472 g/mol. The minimum absolute atomic E-state index is 0.0205. The highest BCUT2D eigenvalue weighted by Crippen LogP contribution is 2.40. The van der Waals surface area contributed by atoms with Crippen LogP contribution in [0.1, 0.15) is 33.6 Å². The lowest BCUT2D eigenvalue weighted by atomic mass is 10.2. The Hall–Kier alpha value is -3.34. The molecule has 0 saturated carbocycles. The van der Waals surface area contributed by atoms with Crippen LogP contribution in [0.15, 0.2) is 28.1 Å². The molecule has 2 aromatic heterocycles. The summed E-state index contributed by atoms with van der Waals surface area (Å²) in [6.07, 6.45) is 3.27. The number of hydrogen-bond acceptors (Lipinski definition) is 10. The fourth-order valence-electron chi connectivity index (χ4n) is 4.62. The Morgan fingerprint density at radius 1 is 1.20 bits per heavy atom. The zero-order chi connectivity index (χ0) is 24.7. The Kier molecular flexibility index (Phi) is 6.04. The Morgan fingerprint density at radius 3 is 2.57 bits per heavy atom. The molecule has 0 spiro atoms.